The van der Waals surface area contributed by atoms with E-state index in [0.29, 0.717) is 0 Å². The van der Waals surface area contributed by atoms with Crippen LogP contribution in [0.4, 0.5) is 0 Å². The van der Waals surface area contributed by atoms with Crippen LogP contribution in [0.3, 0.4) is 0 Å². The molecule has 1 nitrogen and oxygen atoms in total. The molecule has 0 aliphatic rings. The Labute approximate surface area is 65.4 Å². The zero-order valence-electron chi connectivity index (χ0n) is 7.69. The van der Waals surface area contributed by atoms with Crippen molar-refractivity contribution in [2.75, 3.05) is 20.1 Å². The summed E-state index contributed by atoms with van der Waals surface area (Å²) in [5, 5.41) is 0. The normalized spacial score (nSPS) is 10.8. The molecule has 0 rings (SSSR count). The number of unbranched alkanes of at least 4 members (excludes halogenated alkanes) is 2. The Morgan fingerprint density at radius 1 is 0.900 bits per heavy atom. The van der Waals surface area contributed by atoms with Gasteiger partial charge >= 0.3 is 0 Å². The van der Waals surface area contributed by atoms with Crippen LogP contribution in [0.2, 0.25) is 0 Å². The monoisotopic (exact) mass is 143 g/mol. The van der Waals surface area contributed by atoms with Crippen molar-refractivity contribution in [3.8, 4) is 0 Å². The van der Waals surface area contributed by atoms with Crippen LogP contribution in [0, 0.1) is 0 Å². The van der Waals surface area contributed by atoms with Crippen LogP contribution in [-0.4, -0.2) is 25.0 Å². The van der Waals surface area contributed by atoms with Crippen molar-refractivity contribution in [1.82, 2.24) is 4.90 Å². The fourth-order valence-corrected chi connectivity index (χ4v) is 0.968. The number of hydrogen-bond acceptors (Lipinski definition) is 1. The average Bonchev–Trinajstić information content (AvgIpc) is 1.97. The molecule has 0 spiro atoms. The van der Waals surface area contributed by atoms with Crippen LogP contribution in [0.15, 0.2) is 0 Å². The van der Waals surface area contributed by atoms with Crippen molar-refractivity contribution >= 4 is 0 Å². The molecule has 0 aromatic rings. The molecule has 0 amide bonds. The van der Waals surface area contributed by atoms with Gasteiger partial charge < -0.3 is 4.90 Å². The van der Waals surface area contributed by atoms with Crippen molar-refractivity contribution in [3.63, 3.8) is 0 Å². The number of rotatable bonds is 6. The Hall–Kier alpha value is -0.0400. The molecule has 62 valence electrons. The standard InChI is InChI=1S/C9H21N/c1-4-6-8-10(3)9-7-5-2/h4-9H2,1-3H3. The third-order valence-corrected chi connectivity index (χ3v) is 1.79. The van der Waals surface area contributed by atoms with Gasteiger partial charge in [0.05, 0.1) is 0 Å². The van der Waals surface area contributed by atoms with Gasteiger partial charge in [-0.25, -0.2) is 0 Å². The topological polar surface area (TPSA) is 3.24 Å². The van der Waals surface area contributed by atoms with Crippen molar-refractivity contribution < 1.29 is 0 Å². The molecule has 0 N–H and O–H groups in total. The van der Waals surface area contributed by atoms with E-state index in [0.717, 1.165) is 0 Å². The quantitative estimate of drug-likeness (QED) is 0.552. The Morgan fingerprint density at radius 3 is 1.60 bits per heavy atom. The highest BCUT2D eigenvalue weighted by Gasteiger charge is 1.94. The molecule has 0 heterocycles. The molecule has 1 heteroatoms. The molecular formula is C9H21N. The second-order valence-electron chi connectivity index (χ2n) is 3.01. The molecule has 0 atom stereocenters. The Balaban J connectivity index is 3.00. The van der Waals surface area contributed by atoms with E-state index in [1.165, 1.54) is 38.8 Å². The first-order valence-electron chi connectivity index (χ1n) is 4.49. The van der Waals surface area contributed by atoms with Crippen LogP contribution in [0.5, 0.6) is 0 Å². The van der Waals surface area contributed by atoms with E-state index in [1.807, 2.05) is 0 Å². The van der Waals surface area contributed by atoms with E-state index in [4.69, 9.17) is 0 Å². The molecule has 0 aliphatic carbocycles. The van der Waals surface area contributed by atoms with E-state index >= 15 is 0 Å². The first-order chi connectivity index (χ1) is 4.81. The number of hydrogen-bond donors (Lipinski definition) is 0. The lowest BCUT2D eigenvalue weighted by molar-refractivity contribution is 0.322. The lowest BCUT2D eigenvalue weighted by Crippen LogP contribution is -2.20. The molecule has 0 aliphatic heterocycles. The van der Waals surface area contributed by atoms with Gasteiger partial charge in [-0.05, 0) is 33.0 Å². The van der Waals surface area contributed by atoms with Crippen LogP contribution >= 0.6 is 0 Å². The summed E-state index contributed by atoms with van der Waals surface area (Å²) in [4.78, 5) is 2.42. The third kappa shape index (κ3) is 6.09. The van der Waals surface area contributed by atoms with E-state index in [1.54, 1.807) is 0 Å². The maximum absolute atomic E-state index is 2.42. The summed E-state index contributed by atoms with van der Waals surface area (Å²) in [6.45, 7) is 7.04. The molecule has 0 fully saturated rings. The van der Waals surface area contributed by atoms with Gasteiger partial charge in [0.2, 0.25) is 0 Å². The lowest BCUT2D eigenvalue weighted by atomic mass is 10.3. The van der Waals surface area contributed by atoms with Crippen molar-refractivity contribution in [2.45, 2.75) is 39.5 Å². The zero-order chi connectivity index (χ0) is 7.82. The molecule has 0 saturated carbocycles. The minimum atomic E-state index is 1.27. The summed E-state index contributed by atoms with van der Waals surface area (Å²) >= 11 is 0. The molecule has 0 bridgehead atoms. The highest BCUT2D eigenvalue weighted by molar-refractivity contribution is 4.49. The van der Waals surface area contributed by atoms with E-state index in [-0.39, 0.29) is 0 Å². The smallest absolute Gasteiger partial charge is 0.00219 e. The second-order valence-corrected chi connectivity index (χ2v) is 3.01. The van der Waals surface area contributed by atoms with Gasteiger partial charge in [0.1, 0.15) is 0 Å². The third-order valence-electron chi connectivity index (χ3n) is 1.79. The van der Waals surface area contributed by atoms with Crippen molar-refractivity contribution in [2.24, 2.45) is 0 Å². The summed E-state index contributed by atoms with van der Waals surface area (Å²) in [5.74, 6) is 0. The predicted octanol–water partition coefficient (Wildman–Crippen LogP) is 2.52. The largest absolute Gasteiger partial charge is 0.306 e. The molecule has 0 saturated heterocycles. The molecule has 0 unspecified atom stereocenters. The van der Waals surface area contributed by atoms with Gasteiger partial charge in [0.25, 0.3) is 0 Å². The van der Waals surface area contributed by atoms with Gasteiger partial charge in [0, 0.05) is 0 Å². The first-order valence-corrected chi connectivity index (χ1v) is 4.49. The Morgan fingerprint density at radius 2 is 1.30 bits per heavy atom. The fourth-order valence-electron chi connectivity index (χ4n) is 0.968. The fraction of sp³-hybridized carbons (Fsp3) is 1.00. The highest BCUT2D eigenvalue weighted by atomic mass is 15.1. The van der Waals surface area contributed by atoms with Gasteiger partial charge in [-0.2, -0.15) is 0 Å². The van der Waals surface area contributed by atoms with E-state index < -0.39 is 0 Å². The Kier molecular flexibility index (Phi) is 7.04. The van der Waals surface area contributed by atoms with Crippen LogP contribution < -0.4 is 0 Å². The minimum absolute atomic E-state index is 1.27. The summed E-state index contributed by atoms with van der Waals surface area (Å²) in [5.41, 5.74) is 0. The van der Waals surface area contributed by atoms with Crippen LogP contribution in [0.25, 0.3) is 0 Å². The second kappa shape index (κ2) is 7.07. The minimum Gasteiger partial charge on any atom is -0.306 e. The van der Waals surface area contributed by atoms with Gasteiger partial charge in [-0.15, -0.1) is 0 Å². The zero-order valence-corrected chi connectivity index (χ0v) is 7.69. The molecular weight excluding hydrogens is 122 g/mol. The maximum Gasteiger partial charge on any atom is -0.00219 e. The highest BCUT2D eigenvalue weighted by Crippen LogP contribution is 1.94. The predicted molar refractivity (Wildman–Crippen MR) is 47.3 cm³/mol. The van der Waals surface area contributed by atoms with Crippen molar-refractivity contribution in [1.29, 1.82) is 0 Å². The maximum atomic E-state index is 2.42. The van der Waals surface area contributed by atoms with Crippen LogP contribution in [0.1, 0.15) is 39.5 Å². The molecule has 10 heavy (non-hydrogen) atoms. The number of nitrogens with zero attached hydrogens (tertiary/aromatic N) is 1. The first kappa shape index (κ1) is 9.96. The Bertz CT molecular complexity index is 53.7. The van der Waals surface area contributed by atoms with Crippen LogP contribution in [-0.2, 0) is 0 Å². The lowest BCUT2D eigenvalue weighted by Gasteiger charge is -2.14. The average molecular weight is 143 g/mol. The van der Waals surface area contributed by atoms with Gasteiger partial charge in [-0.3, -0.25) is 0 Å². The summed E-state index contributed by atoms with van der Waals surface area (Å²) in [7, 11) is 2.21. The van der Waals surface area contributed by atoms with E-state index in [9.17, 15) is 0 Å². The van der Waals surface area contributed by atoms with Crippen molar-refractivity contribution in [3.05, 3.63) is 0 Å². The van der Waals surface area contributed by atoms with Gasteiger partial charge in [-0.1, -0.05) is 26.7 Å². The molecule has 0 aromatic heterocycles. The van der Waals surface area contributed by atoms with E-state index in [2.05, 4.69) is 25.8 Å². The summed E-state index contributed by atoms with van der Waals surface area (Å²) in [6, 6.07) is 0. The van der Waals surface area contributed by atoms with Gasteiger partial charge in [0.15, 0.2) is 0 Å². The SMILES string of the molecule is CCCCN(C)CCCC. The molecule has 0 radical (unpaired) electrons. The summed E-state index contributed by atoms with van der Waals surface area (Å²) < 4.78 is 0. The molecule has 0 aromatic carbocycles. The summed E-state index contributed by atoms with van der Waals surface area (Å²) in [6.07, 6.45) is 5.33.